The Kier molecular flexibility index (Phi) is 8.15. The van der Waals surface area contributed by atoms with Crippen LogP contribution < -0.4 is 5.32 Å². The van der Waals surface area contributed by atoms with E-state index in [9.17, 15) is 14.0 Å². The summed E-state index contributed by atoms with van der Waals surface area (Å²) < 4.78 is 19.0. The van der Waals surface area contributed by atoms with Crippen LogP contribution in [0.4, 0.5) is 9.18 Å². The Morgan fingerprint density at radius 1 is 0.971 bits per heavy atom. The second-order valence-electron chi connectivity index (χ2n) is 8.80. The topological polar surface area (TPSA) is 65.1 Å². The normalized spacial score (nSPS) is 19.6. The number of halogens is 1. The first-order valence-corrected chi connectivity index (χ1v) is 12.2. The number of hydrogen-bond acceptors (Lipinski definition) is 5. The van der Waals surface area contributed by atoms with Crippen molar-refractivity contribution in [1.29, 1.82) is 0 Å². The second kappa shape index (κ2) is 11.5. The predicted octanol–water partition coefficient (Wildman–Crippen LogP) is 3.55. The number of carbonyl (C=O) groups excluding carboxylic acids is 2. The minimum absolute atomic E-state index is 0.226. The molecule has 186 valence electrons. The largest absolute Gasteiger partial charge is 0.463 e. The summed E-state index contributed by atoms with van der Waals surface area (Å²) in [4.78, 5) is 32.5. The van der Waals surface area contributed by atoms with Crippen molar-refractivity contribution < 1.29 is 18.7 Å². The lowest BCUT2D eigenvalue weighted by Gasteiger charge is -2.40. The molecule has 4 rings (SSSR count). The Labute approximate surface area is 206 Å². The van der Waals surface area contributed by atoms with Gasteiger partial charge >= 0.3 is 12.0 Å². The van der Waals surface area contributed by atoms with Gasteiger partial charge in [-0.3, -0.25) is 14.7 Å². The van der Waals surface area contributed by atoms with E-state index in [1.807, 2.05) is 13.0 Å². The van der Waals surface area contributed by atoms with Crippen LogP contribution in [0.1, 0.15) is 31.0 Å². The van der Waals surface area contributed by atoms with E-state index >= 15 is 0 Å². The molecule has 2 heterocycles. The maximum Gasteiger partial charge on any atom is 0.338 e. The molecular weight excluding hydrogens is 447 g/mol. The number of carbonyl (C=O) groups is 2. The highest BCUT2D eigenvalue weighted by Crippen LogP contribution is 2.32. The van der Waals surface area contributed by atoms with Crippen LogP contribution in [-0.2, 0) is 16.1 Å². The van der Waals surface area contributed by atoms with Crippen molar-refractivity contribution in [1.82, 2.24) is 20.0 Å². The van der Waals surface area contributed by atoms with Gasteiger partial charge in [0.25, 0.3) is 0 Å². The van der Waals surface area contributed by atoms with Gasteiger partial charge in [-0.25, -0.2) is 14.0 Å². The molecule has 2 aromatic rings. The first kappa shape index (κ1) is 24.9. The highest BCUT2D eigenvalue weighted by atomic mass is 19.1. The Bertz CT molecular complexity index is 1050. The Morgan fingerprint density at radius 3 is 2.20 bits per heavy atom. The van der Waals surface area contributed by atoms with E-state index in [0.29, 0.717) is 29.9 Å². The molecule has 1 atom stereocenters. The third kappa shape index (κ3) is 5.89. The average molecular weight is 481 g/mol. The SMILES string of the molecule is CCOC(=O)C1=C(CN2CCN(Cc3ccccc3)CC2)N(CC)C(=O)N[C@H]1c1ccc(F)cc1. The first-order valence-electron chi connectivity index (χ1n) is 12.2. The number of piperazine rings is 1. The van der Waals surface area contributed by atoms with Gasteiger partial charge in [-0.1, -0.05) is 42.5 Å². The van der Waals surface area contributed by atoms with E-state index in [1.165, 1.54) is 17.7 Å². The third-order valence-corrected chi connectivity index (χ3v) is 6.54. The molecule has 2 aliphatic heterocycles. The molecule has 0 radical (unpaired) electrons. The lowest BCUT2D eigenvalue weighted by Crippen LogP contribution is -2.53. The van der Waals surface area contributed by atoms with Crippen LogP contribution in [0.15, 0.2) is 65.9 Å². The van der Waals surface area contributed by atoms with E-state index in [4.69, 9.17) is 4.74 Å². The fraction of sp³-hybridized carbons (Fsp3) is 0.407. The minimum atomic E-state index is -0.695. The zero-order chi connectivity index (χ0) is 24.8. The van der Waals surface area contributed by atoms with Gasteiger partial charge < -0.3 is 10.1 Å². The smallest absolute Gasteiger partial charge is 0.338 e. The molecule has 8 heteroatoms. The summed E-state index contributed by atoms with van der Waals surface area (Å²) in [5, 5.41) is 2.92. The zero-order valence-corrected chi connectivity index (χ0v) is 20.4. The fourth-order valence-corrected chi connectivity index (χ4v) is 4.72. The maximum absolute atomic E-state index is 13.6. The second-order valence-corrected chi connectivity index (χ2v) is 8.80. The zero-order valence-electron chi connectivity index (χ0n) is 20.4. The molecule has 0 aliphatic carbocycles. The van der Waals surface area contributed by atoms with Gasteiger partial charge in [0, 0.05) is 51.5 Å². The molecule has 2 amide bonds. The number of esters is 1. The van der Waals surface area contributed by atoms with Gasteiger partial charge in [0.1, 0.15) is 5.82 Å². The summed E-state index contributed by atoms with van der Waals surface area (Å²) in [6, 6.07) is 15.3. The molecule has 1 fully saturated rings. The maximum atomic E-state index is 13.6. The van der Waals surface area contributed by atoms with Crippen LogP contribution in [-0.4, -0.2) is 72.6 Å². The molecule has 1 N–H and O–H groups in total. The number of nitrogens with one attached hydrogen (secondary N) is 1. The van der Waals surface area contributed by atoms with Crippen molar-refractivity contribution in [3.63, 3.8) is 0 Å². The van der Waals surface area contributed by atoms with Crippen molar-refractivity contribution >= 4 is 12.0 Å². The number of rotatable bonds is 8. The van der Waals surface area contributed by atoms with Gasteiger partial charge in [0.2, 0.25) is 0 Å². The number of nitrogens with zero attached hydrogens (tertiary/aromatic N) is 3. The van der Waals surface area contributed by atoms with Crippen molar-refractivity contribution in [3.8, 4) is 0 Å². The number of hydrogen-bond donors (Lipinski definition) is 1. The monoisotopic (exact) mass is 480 g/mol. The van der Waals surface area contributed by atoms with Crippen molar-refractivity contribution in [2.45, 2.75) is 26.4 Å². The molecule has 7 nitrogen and oxygen atoms in total. The van der Waals surface area contributed by atoms with Crippen molar-refractivity contribution in [3.05, 3.63) is 82.8 Å². The fourth-order valence-electron chi connectivity index (χ4n) is 4.72. The van der Waals surface area contributed by atoms with E-state index in [-0.39, 0.29) is 18.5 Å². The summed E-state index contributed by atoms with van der Waals surface area (Å²) in [5.74, 6) is -0.834. The summed E-state index contributed by atoms with van der Waals surface area (Å²) in [6.07, 6.45) is 0. The van der Waals surface area contributed by atoms with E-state index < -0.39 is 12.0 Å². The quantitative estimate of drug-likeness (QED) is 0.586. The van der Waals surface area contributed by atoms with E-state index in [2.05, 4.69) is 39.4 Å². The summed E-state index contributed by atoms with van der Waals surface area (Å²) in [6.45, 7) is 9.12. The molecule has 0 aromatic heterocycles. The van der Waals surface area contributed by atoms with Crippen molar-refractivity contribution in [2.75, 3.05) is 45.9 Å². The molecular formula is C27H33FN4O3. The molecule has 0 spiro atoms. The van der Waals surface area contributed by atoms with E-state index in [1.54, 1.807) is 24.0 Å². The van der Waals surface area contributed by atoms with Gasteiger partial charge in [-0.2, -0.15) is 0 Å². The summed E-state index contributed by atoms with van der Waals surface area (Å²) in [7, 11) is 0. The number of ether oxygens (including phenoxy) is 1. The molecule has 2 aromatic carbocycles. The summed E-state index contributed by atoms with van der Waals surface area (Å²) >= 11 is 0. The van der Waals surface area contributed by atoms with E-state index in [0.717, 1.165) is 32.7 Å². The van der Waals surface area contributed by atoms with Crippen LogP contribution in [0.25, 0.3) is 0 Å². The molecule has 0 unspecified atom stereocenters. The van der Waals surface area contributed by atoms with Crippen LogP contribution in [0.3, 0.4) is 0 Å². The summed E-state index contributed by atoms with van der Waals surface area (Å²) in [5.41, 5.74) is 2.99. The molecule has 35 heavy (non-hydrogen) atoms. The highest BCUT2D eigenvalue weighted by molar-refractivity contribution is 5.95. The van der Waals surface area contributed by atoms with Gasteiger partial charge in [-0.15, -0.1) is 0 Å². The molecule has 2 aliphatic rings. The van der Waals surface area contributed by atoms with Crippen LogP contribution >= 0.6 is 0 Å². The predicted molar refractivity (Wildman–Crippen MR) is 132 cm³/mol. The Morgan fingerprint density at radius 2 is 1.60 bits per heavy atom. The third-order valence-electron chi connectivity index (χ3n) is 6.54. The molecule has 0 saturated carbocycles. The number of benzene rings is 2. The molecule has 0 bridgehead atoms. The number of amides is 2. The molecule has 1 saturated heterocycles. The Hall–Kier alpha value is -3.23. The number of urea groups is 1. The first-order chi connectivity index (χ1) is 17.0. The van der Waals surface area contributed by atoms with Gasteiger partial charge in [0.05, 0.1) is 18.2 Å². The minimum Gasteiger partial charge on any atom is -0.463 e. The van der Waals surface area contributed by atoms with Gasteiger partial charge in [0.15, 0.2) is 0 Å². The van der Waals surface area contributed by atoms with Crippen LogP contribution in [0.2, 0.25) is 0 Å². The number of likely N-dealkylation sites (N-methyl/N-ethyl adjacent to an activating group) is 1. The van der Waals surface area contributed by atoms with Crippen molar-refractivity contribution in [2.24, 2.45) is 0 Å². The highest BCUT2D eigenvalue weighted by Gasteiger charge is 2.38. The van der Waals surface area contributed by atoms with Crippen LogP contribution in [0, 0.1) is 5.82 Å². The van der Waals surface area contributed by atoms with Gasteiger partial charge in [-0.05, 0) is 37.1 Å². The van der Waals surface area contributed by atoms with Crippen LogP contribution in [0.5, 0.6) is 0 Å². The Balaban J connectivity index is 1.58. The lowest BCUT2D eigenvalue weighted by molar-refractivity contribution is -0.139. The average Bonchev–Trinajstić information content (AvgIpc) is 2.86. The standard InChI is InChI=1S/C27H33FN4O3/c1-3-32-23(19-31-16-14-30(15-17-31)18-20-8-6-5-7-9-20)24(26(33)35-4-2)25(29-27(32)34)21-10-12-22(28)13-11-21/h5-13,25H,3-4,14-19H2,1-2H3,(H,29,34)/t25-/m0/s1. The lowest BCUT2D eigenvalue weighted by atomic mass is 9.94.